The summed E-state index contributed by atoms with van der Waals surface area (Å²) in [5.74, 6) is 0.329. The SMILES string of the molecule is COc1cc(S(=O)(=O)NCC2(CO)CCCC2)ccc1N. The lowest BCUT2D eigenvalue weighted by atomic mass is 9.88. The summed E-state index contributed by atoms with van der Waals surface area (Å²) in [5.41, 5.74) is 5.75. The molecule has 1 aromatic carbocycles. The fourth-order valence-electron chi connectivity index (χ4n) is 2.71. The van der Waals surface area contributed by atoms with Gasteiger partial charge in [-0.2, -0.15) is 0 Å². The molecule has 1 fully saturated rings. The quantitative estimate of drug-likeness (QED) is 0.683. The number of hydrogen-bond donors (Lipinski definition) is 3. The lowest BCUT2D eigenvalue weighted by Gasteiger charge is -2.26. The van der Waals surface area contributed by atoms with Gasteiger partial charge < -0.3 is 15.6 Å². The van der Waals surface area contributed by atoms with E-state index in [0.717, 1.165) is 25.7 Å². The number of sulfonamides is 1. The normalized spacial score (nSPS) is 17.8. The second-order valence-corrected chi connectivity index (χ2v) is 7.36. The molecule has 1 saturated carbocycles. The van der Waals surface area contributed by atoms with Gasteiger partial charge in [0.2, 0.25) is 10.0 Å². The highest BCUT2D eigenvalue weighted by Gasteiger charge is 2.34. The number of aliphatic hydroxyl groups excluding tert-OH is 1. The first-order valence-electron chi connectivity index (χ1n) is 6.96. The molecule has 0 heterocycles. The maximum absolute atomic E-state index is 12.3. The van der Waals surface area contributed by atoms with Crippen LogP contribution in [-0.2, 0) is 10.0 Å². The van der Waals surface area contributed by atoms with Crippen LogP contribution in [0.25, 0.3) is 0 Å². The number of methoxy groups -OCH3 is 1. The molecule has 4 N–H and O–H groups in total. The molecule has 2 rings (SSSR count). The molecule has 0 saturated heterocycles. The highest BCUT2D eigenvalue weighted by atomic mass is 32.2. The van der Waals surface area contributed by atoms with Crippen molar-refractivity contribution in [2.45, 2.75) is 30.6 Å². The van der Waals surface area contributed by atoms with Gasteiger partial charge in [-0.3, -0.25) is 0 Å². The zero-order chi connectivity index (χ0) is 15.5. The maximum atomic E-state index is 12.3. The molecule has 0 radical (unpaired) electrons. The Hall–Kier alpha value is -1.31. The second kappa shape index (κ2) is 6.21. The van der Waals surface area contributed by atoms with Crippen molar-refractivity contribution in [1.29, 1.82) is 0 Å². The molecule has 1 aromatic rings. The van der Waals surface area contributed by atoms with Gasteiger partial charge in [0.1, 0.15) is 5.75 Å². The molecule has 0 bridgehead atoms. The van der Waals surface area contributed by atoms with Gasteiger partial charge in [-0.15, -0.1) is 0 Å². The van der Waals surface area contributed by atoms with E-state index in [1.54, 1.807) is 0 Å². The van der Waals surface area contributed by atoms with Crippen molar-refractivity contribution >= 4 is 15.7 Å². The van der Waals surface area contributed by atoms with Crippen molar-refractivity contribution in [2.24, 2.45) is 5.41 Å². The van der Waals surface area contributed by atoms with Gasteiger partial charge in [-0.25, -0.2) is 13.1 Å². The van der Waals surface area contributed by atoms with Crippen LogP contribution < -0.4 is 15.2 Å². The molecule has 0 aliphatic heterocycles. The summed E-state index contributed by atoms with van der Waals surface area (Å²) in [6.45, 7) is 0.249. The minimum Gasteiger partial charge on any atom is -0.495 e. The summed E-state index contributed by atoms with van der Waals surface area (Å²) < 4.78 is 32.3. The van der Waals surface area contributed by atoms with E-state index in [2.05, 4.69) is 4.72 Å². The first kappa shape index (κ1) is 16.1. The van der Waals surface area contributed by atoms with E-state index in [1.807, 2.05) is 0 Å². The third-order valence-electron chi connectivity index (χ3n) is 4.15. The van der Waals surface area contributed by atoms with Gasteiger partial charge in [0, 0.05) is 24.6 Å². The van der Waals surface area contributed by atoms with Crippen LogP contribution in [-0.4, -0.2) is 33.8 Å². The predicted octanol–water partition coefficient (Wildman–Crippen LogP) is 1.11. The summed E-state index contributed by atoms with van der Waals surface area (Å²) in [6.07, 6.45) is 3.74. The lowest BCUT2D eigenvalue weighted by molar-refractivity contribution is 0.134. The molecule has 0 aromatic heterocycles. The number of benzene rings is 1. The highest BCUT2D eigenvalue weighted by Crippen LogP contribution is 2.37. The molecule has 0 spiro atoms. The number of ether oxygens (including phenoxy) is 1. The number of rotatable bonds is 6. The van der Waals surface area contributed by atoms with Crippen molar-refractivity contribution < 1.29 is 18.3 Å². The number of nitrogens with two attached hydrogens (primary N) is 1. The Balaban J connectivity index is 2.15. The van der Waals surface area contributed by atoms with Gasteiger partial charge in [0.05, 0.1) is 17.7 Å². The van der Waals surface area contributed by atoms with Crippen LogP contribution in [0.4, 0.5) is 5.69 Å². The van der Waals surface area contributed by atoms with E-state index in [0.29, 0.717) is 11.4 Å². The molecule has 7 heteroatoms. The summed E-state index contributed by atoms with van der Waals surface area (Å²) in [6, 6.07) is 4.35. The van der Waals surface area contributed by atoms with E-state index >= 15 is 0 Å². The highest BCUT2D eigenvalue weighted by molar-refractivity contribution is 7.89. The number of aliphatic hydroxyl groups is 1. The average Bonchev–Trinajstić information content (AvgIpc) is 2.95. The minimum absolute atomic E-state index is 0.000574. The third kappa shape index (κ3) is 3.48. The third-order valence-corrected chi connectivity index (χ3v) is 5.55. The van der Waals surface area contributed by atoms with E-state index in [4.69, 9.17) is 10.5 Å². The van der Waals surface area contributed by atoms with Crippen LogP contribution in [0, 0.1) is 5.41 Å². The molecular weight excluding hydrogens is 292 g/mol. The van der Waals surface area contributed by atoms with Gasteiger partial charge in [-0.05, 0) is 25.0 Å². The molecule has 6 nitrogen and oxygen atoms in total. The van der Waals surface area contributed by atoms with E-state index < -0.39 is 10.0 Å². The Morgan fingerprint density at radius 1 is 1.38 bits per heavy atom. The topological polar surface area (TPSA) is 102 Å². The Labute approximate surface area is 125 Å². The summed E-state index contributed by atoms with van der Waals surface area (Å²) in [5, 5.41) is 9.53. The Bertz CT molecular complexity index is 595. The molecule has 118 valence electrons. The molecule has 0 unspecified atom stereocenters. The van der Waals surface area contributed by atoms with Gasteiger partial charge in [0.15, 0.2) is 0 Å². The predicted molar refractivity (Wildman–Crippen MR) is 80.6 cm³/mol. The standard InChI is InChI=1S/C14H22N2O4S/c1-20-13-8-11(4-5-12(13)15)21(18,19)16-9-14(10-17)6-2-3-7-14/h4-5,8,16-17H,2-3,6-7,9-10,15H2,1H3. The van der Waals surface area contributed by atoms with E-state index in [9.17, 15) is 13.5 Å². The van der Waals surface area contributed by atoms with Crippen LogP contribution in [0.5, 0.6) is 5.75 Å². The fourth-order valence-corrected chi connectivity index (χ4v) is 3.88. The monoisotopic (exact) mass is 314 g/mol. The van der Waals surface area contributed by atoms with Crippen molar-refractivity contribution in [3.63, 3.8) is 0 Å². The molecular formula is C14H22N2O4S. The van der Waals surface area contributed by atoms with Gasteiger partial charge in [-0.1, -0.05) is 12.8 Å². The lowest BCUT2D eigenvalue weighted by Crippen LogP contribution is -2.38. The largest absolute Gasteiger partial charge is 0.495 e. The first-order valence-corrected chi connectivity index (χ1v) is 8.45. The second-order valence-electron chi connectivity index (χ2n) is 5.59. The van der Waals surface area contributed by atoms with Crippen molar-refractivity contribution in [2.75, 3.05) is 26.0 Å². The maximum Gasteiger partial charge on any atom is 0.240 e. The molecule has 0 amide bonds. The average molecular weight is 314 g/mol. The number of hydrogen-bond acceptors (Lipinski definition) is 5. The number of nitrogen functional groups attached to an aromatic ring is 1. The van der Waals surface area contributed by atoms with Crippen LogP contribution >= 0.6 is 0 Å². The van der Waals surface area contributed by atoms with Crippen molar-refractivity contribution in [3.05, 3.63) is 18.2 Å². The first-order chi connectivity index (χ1) is 9.92. The van der Waals surface area contributed by atoms with Crippen molar-refractivity contribution in [3.8, 4) is 5.75 Å². The smallest absolute Gasteiger partial charge is 0.240 e. The molecule has 0 atom stereocenters. The van der Waals surface area contributed by atoms with Crippen LogP contribution in [0.15, 0.2) is 23.1 Å². The van der Waals surface area contributed by atoms with Crippen LogP contribution in [0.3, 0.4) is 0 Å². The Kier molecular flexibility index (Phi) is 4.75. The van der Waals surface area contributed by atoms with E-state index in [1.165, 1.54) is 25.3 Å². The number of nitrogens with one attached hydrogen (secondary N) is 1. The van der Waals surface area contributed by atoms with Gasteiger partial charge >= 0.3 is 0 Å². The summed E-state index contributed by atoms with van der Waals surface area (Å²) in [4.78, 5) is 0.111. The zero-order valence-electron chi connectivity index (χ0n) is 12.1. The number of anilines is 1. The molecule has 1 aliphatic rings. The summed E-state index contributed by atoms with van der Waals surface area (Å²) >= 11 is 0. The molecule has 21 heavy (non-hydrogen) atoms. The molecule has 1 aliphatic carbocycles. The minimum atomic E-state index is -3.64. The van der Waals surface area contributed by atoms with Crippen LogP contribution in [0.1, 0.15) is 25.7 Å². The van der Waals surface area contributed by atoms with E-state index in [-0.39, 0.29) is 23.5 Å². The Morgan fingerprint density at radius 3 is 2.62 bits per heavy atom. The summed E-state index contributed by atoms with van der Waals surface area (Å²) in [7, 11) is -2.20. The zero-order valence-corrected chi connectivity index (χ0v) is 12.9. The fraction of sp³-hybridized carbons (Fsp3) is 0.571. The van der Waals surface area contributed by atoms with Crippen LogP contribution in [0.2, 0.25) is 0 Å². The van der Waals surface area contributed by atoms with Crippen molar-refractivity contribution in [1.82, 2.24) is 4.72 Å². The van der Waals surface area contributed by atoms with Gasteiger partial charge in [0.25, 0.3) is 0 Å². The Morgan fingerprint density at radius 2 is 2.05 bits per heavy atom.